The Hall–Kier alpha value is -1.26. The minimum Gasteiger partial charge on any atom is -0.506 e. The lowest BCUT2D eigenvalue weighted by molar-refractivity contribution is -0.117. The van der Waals surface area contributed by atoms with E-state index in [0.717, 1.165) is 19.3 Å². The smallest absolute Gasteiger partial charge is 0.224 e. The molecule has 0 radical (unpaired) electrons. The number of aromatic hydroxyl groups is 1. The van der Waals surface area contributed by atoms with E-state index < -0.39 is 0 Å². The van der Waals surface area contributed by atoms with Crippen molar-refractivity contribution in [2.75, 3.05) is 5.32 Å². The molecule has 1 saturated carbocycles. The van der Waals surface area contributed by atoms with Crippen molar-refractivity contribution in [2.45, 2.75) is 38.1 Å². The molecule has 1 amide bonds. The molecule has 4 N–H and O–H groups in total. The Labute approximate surface area is 119 Å². The zero-order valence-electron chi connectivity index (χ0n) is 10.8. The molecule has 106 valence electrons. The monoisotopic (exact) mass is 284 g/mol. The molecule has 0 saturated heterocycles. The highest BCUT2D eigenvalue weighted by Crippen LogP contribution is 2.27. The number of nitrogens with one attached hydrogen (secondary N) is 1. The van der Waals surface area contributed by atoms with Crippen molar-refractivity contribution in [3.05, 3.63) is 24.3 Å². The average molecular weight is 285 g/mol. The fourth-order valence-electron chi connectivity index (χ4n) is 2.51. The number of halogens is 1. The van der Waals surface area contributed by atoms with Crippen LogP contribution in [0.4, 0.5) is 5.69 Å². The summed E-state index contributed by atoms with van der Waals surface area (Å²) in [7, 11) is 0. The van der Waals surface area contributed by atoms with Crippen LogP contribution in [0.1, 0.15) is 32.1 Å². The number of amides is 1. The molecule has 1 aromatic rings. The first-order valence-electron chi connectivity index (χ1n) is 6.50. The molecule has 4 nitrogen and oxygen atoms in total. The fourth-order valence-corrected chi connectivity index (χ4v) is 2.51. The lowest BCUT2D eigenvalue weighted by Gasteiger charge is -2.27. The molecule has 1 aliphatic rings. The molecule has 0 aromatic heterocycles. The Bertz CT molecular complexity index is 426. The largest absolute Gasteiger partial charge is 0.506 e. The van der Waals surface area contributed by atoms with Crippen LogP contribution in [0.3, 0.4) is 0 Å². The van der Waals surface area contributed by atoms with Crippen LogP contribution >= 0.6 is 12.4 Å². The SMILES string of the molecule is Cl.NC1CCCCC1CC(=O)Nc1ccccc1O. The summed E-state index contributed by atoms with van der Waals surface area (Å²) < 4.78 is 0. The third-order valence-electron chi connectivity index (χ3n) is 3.59. The van der Waals surface area contributed by atoms with Crippen molar-refractivity contribution in [3.8, 4) is 5.75 Å². The van der Waals surface area contributed by atoms with Gasteiger partial charge in [-0.15, -0.1) is 12.4 Å². The first kappa shape index (κ1) is 15.8. The van der Waals surface area contributed by atoms with E-state index in [2.05, 4.69) is 5.32 Å². The van der Waals surface area contributed by atoms with Gasteiger partial charge < -0.3 is 16.2 Å². The molecule has 19 heavy (non-hydrogen) atoms. The predicted molar refractivity (Wildman–Crippen MR) is 78.5 cm³/mol. The lowest BCUT2D eigenvalue weighted by atomic mass is 9.83. The number of hydrogen-bond acceptors (Lipinski definition) is 3. The standard InChI is InChI=1S/C14H20N2O2.ClH/c15-11-6-2-1-5-10(11)9-14(18)16-12-7-3-4-8-13(12)17;/h3-4,7-8,10-11,17H,1-2,5-6,9,15H2,(H,16,18);1H. The maximum atomic E-state index is 11.9. The lowest BCUT2D eigenvalue weighted by Crippen LogP contribution is -2.35. The third kappa shape index (κ3) is 4.40. The summed E-state index contributed by atoms with van der Waals surface area (Å²) in [5.41, 5.74) is 6.49. The highest BCUT2D eigenvalue weighted by atomic mass is 35.5. The predicted octanol–water partition coefficient (Wildman–Crippen LogP) is 2.66. The van der Waals surface area contributed by atoms with Crippen LogP contribution < -0.4 is 11.1 Å². The maximum absolute atomic E-state index is 11.9. The Balaban J connectivity index is 0.00000180. The second-order valence-electron chi connectivity index (χ2n) is 4.98. The van der Waals surface area contributed by atoms with E-state index in [0.29, 0.717) is 12.1 Å². The third-order valence-corrected chi connectivity index (χ3v) is 3.59. The summed E-state index contributed by atoms with van der Waals surface area (Å²) in [4.78, 5) is 11.9. The molecule has 2 atom stereocenters. The van der Waals surface area contributed by atoms with E-state index in [4.69, 9.17) is 5.73 Å². The van der Waals surface area contributed by atoms with Gasteiger partial charge in [-0.3, -0.25) is 4.79 Å². The Morgan fingerprint density at radius 2 is 2.00 bits per heavy atom. The maximum Gasteiger partial charge on any atom is 0.224 e. The number of benzene rings is 1. The summed E-state index contributed by atoms with van der Waals surface area (Å²) in [6.07, 6.45) is 4.79. The van der Waals surface area contributed by atoms with Crippen LogP contribution in [0.15, 0.2) is 24.3 Å². The molecule has 0 aliphatic heterocycles. The highest BCUT2D eigenvalue weighted by molar-refractivity contribution is 5.92. The Morgan fingerprint density at radius 1 is 1.32 bits per heavy atom. The van der Waals surface area contributed by atoms with E-state index in [1.165, 1.54) is 6.42 Å². The topological polar surface area (TPSA) is 75.4 Å². The molecule has 1 aromatic carbocycles. The number of carbonyl (C=O) groups is 1. The van der Waals surface area contributed by atoms with E-state index in [1.54, 1.807) is 24.3 Å². The number of para-hydroxylation sites is 2. The normalized spacial score (nSPS) is 22.4. The van der Waals surface area contributed by atoms with Crippen LogP contribution in [0.25, 0.3) is 0 Å². The van der Waals surface area contributed by atoms with Gasteiger partial charge in [0.05, 0.1) is 5.69 Å². The second-order valence-corrected chi connectivity index (χ2v) is 4.98. The summed E-state index contributed by atoms with van der Waals surface area (Å²) in [5, 5.41) is 12.3. The molecule has 0 heterocycles. The van der Waals surface area contributed by atoms with E-state index in [-0.39, 0.29) is 36.0 Å². The number of nitrogens with two attached hydrogens (primary N) is 1. The fraction of sp³-hybridized carbons (Fsp3) is 0.500. The van der Waals surface area contributed by atoms with Gasteiger partial charge in [-0.1, -0.05) is 25.0 Å². The van der Waals surface area contributed by atoms with Gasteiger partial charge >= 0.3 is 0 Å². The number of rotatable bonds is 3. The van der Waals surface area contributed by atoms with E-state index in [1.807, 2.05) is 0 Å². The summed E-state index contributed by atoms with van der Waals surface area (Å²) in [5.74, 6) is 0.294. The van der Waals surface area contributed by atoms with Gasteiger partial charge in [0.15, 0.2) is 0 Å². The van der Waals surface area contributed by atoms with Gasteiger partial charge in [0.2, 0.25) is 5.91 Å². The minimum absolute atomic E-state index is 0. The average Bonchev–Trinajstić information content (AvgIpc) is 2.35. The molecule has 0 bridgehead atoms. The van der Waals surface area contributed by atoms with Crippen molar-refractivity contribution in [2.24, 2.45) is 11.7 Å². The van der Waals surface area contributed by atoms with Crippen molar-refractivity contribution in [3.63, 3.8) is 0 Å². The number of carbonyl (C=O) groups excluding carboxylic acids is 1. The molecular weight excluding hydrogens is 264 g/mol. The van der Waals surface area contributed by atoms with Crippen LogP contribution in [0.2, 0.25) is 0 Å². The Morgan fingerprint density at radius 3 is 2.68 bits per heavy atom. The zero-order chi connectivity index (χ0) is 13.0. The first-order valence-corrected chi connectivity index (χ1v) is 6.50. The number of hydrogen-bond donors (Lipinski definition) is 3. The molecule has 2 rings (SSSR count). The molecule has 1 fully saturated rings. The van der Waals surface area contributed by atoms with Crippen molar-refractivity contribution in [1.82, 2.24) is 0 Å². The summed E-state index contributed by atoms with van der Waals surface area (Å²) in [6, 6.07) is 6.88. The van der Waals surface area contributed by atoms with Crippen molar-refractivity contribution in [1.29, 1.82) is 0 Å². The first-order chi connectivity index (χ1) is 8.66. The molecule has 1 aliphatic carbocycles. The van der Waals surface area contributed by atoms with E-state index in [9.17, 15) is 9.90 Å². The van der Waals surface area contributed by atoms with Gasteiger partial charge in [0.1, 0.15) is 5.75 Å². The van der Waals surface area contributed by atoms with Crippen LogP contribution in [-0.4, -0.2) is 17.1 Å². The van der Waals surface area contributed by atoms with Gasteiger partial charge in [-0.2, -0.15) is 0 Å². The molecule has 5 heteroatoms. The second kappa shape index (κ2) is 7.36. The highest BCUT2D eigenvalue weighted by Gasteiger charge is 2.24. The summed E-state index contributed by atoms with van der Waals surface area (Å²) in [6.45, 7) is 0. The van der Waals surface area contributed by atoms with Gasteiger partial charge in [-0.25, -0.2) is 0 Å². The number of anilines is 1. The van der Waals surface area contributed by atoms with Gasteiger partial charge in [-0.05, 0) is 30.9 Å². The summed E-state index contributed by atoms with van der Waals surface area (Å²) >= 11 is 0. The van der Waals surface area contributed by atoms with Crippen LogP contribution in [0, 0.1) is 5.92 Å². The van der Waals surface area contributed by atoms with Crippen molar-refractivity contribution >= 4 is 24.0 Å². The van der Waals surface area contributed by atoms with Crippen molar-refractivity contribution < 1.29 is 9.90 Å². The molecular formula is C14H21ClN2O2. The van der Waals surface area contributed by atoms with Gasteiger partial charge in [0, 0.05) is 12.5 Å². The van der Waals surface area contributed by atoms with E-state index >= 15 is 0 Å². The van der Waals surface area contributed by atoms with Gasteiger partial charge in [0.25, 0.3) is 0 Å². The zero-order valence-corrected chi connectivity index (χ0v) is 11.7. The van der Waals surface area contributed by atoms with Crippen LogP contribution in [0.5, 0.6) is 5.75 Å². The minimum atomic E-state index is -0.0705. The quantitative estimate of drug-likeness (QED) is 0.747. The number of phenolic OH excluding ortho intramolecular Hbond substituents is 1. The molecule has 2 unspecified atom stereocenters. The Kier molecular flexibility index (Phi) is 6.12. The molecule has 0 spiro atoms. The van der Waals surface area contributed by atoms with Crippen LogP contribution in [-0.2, 0) is 4.79 Å². The number of phenols is 1.